The topological polar surface area (TPSA) is 60.9 Å². The second-order valence-electron chi connectivity index (χ2n) is 4.14. The summed E-state index contributed by atoms with van der Waals surface area (Å²) in [5.74, 6) is 1.26. The van der Waals surface area contributed by atoms with E-state index in [0.717, 1.165) is 18.7 Å². The first kappa shape index (κ1) is 12.9. The van der Waals surface area contributed by atoms with E-state index >= 15 is 0 Å². The molecule has 0 saturated carbocycles. The number of hydrogen-bond donors (Lipinski definition) is 1. The Morgan fingerprint density at radius 2 is 2.38 bits per heavy atom. The predicted octanol–water partition coefficient (Wildman–Crippen LogP) is 1.30. The Balaban J connectivity index is 2.42. The van der Waals surface area contributed by atoms with Gasteiger partial charge in [0.1, 0.15) is 11.6 Å². The van der Waals surface area contributed by atoms with E-state index in [1.54, 1.807) is 6.20 Å². The number of carbonyl (C=O) groups excluding carboxylic acids is 1. The van der Waals surface area contributed by atoms with Crippen LogP contribution in [0.5, 0.6) is 0 Å². The summed E-state index contributed by atoms with van der Waals surface area (Å²) in [6, 6.07) is 0. The molecule has 0 aromatic carbocycles. The van der Waals surface area contributed by atoms with Crippen molar-refractivity contribution < 1.29 is 4.79 Å². The van der Waals surface area contributed by atoms with Gasteiger partial charge in [-0.2, -0.15) is 0 Å². The largest absolute Gasteiger partial charge is 0.338 e. The molecule has 2 N–H and O–H groups in total. The van der Waals surface area contributed by atoms with E-state index in [1.165, 1.54) is 0 Å². The zero-order chi connectivity index (χ0) is 12.0. The van der Waals surface area contributed by atoms with E-state index < -0.39 is 0 Å². The molecule has 0 amide bonds. The molecule has 16 heavy (non-hydrogen) atoms. The Bertz CT molecular complexity index is 333. The number of rotatable bonds is 7. The summed E-state index contributed by atoms with van der Waals surface area (Å²) >= 11 is 0. The van der Waals surface area contributed by atoms with Crippen molar-refractivity contribution in [1.82, 2.24) is 9.55 Å². The second kappa shape index (κ2) is 6.43. The lowest BCUT2D eigenvalue weighted by molar-refractivity contribution is -0.122. The number of imidazole rings is 1. The van der Waals surface area contributed by atoms with Gasteiger partial charge in [0.2, 0.25) is 0 Å². The summed E-state index contributed by atoms with van der Waals surface area (Å²) in [6.07, 6.45) is 6.82. The first-order valence-electron chi connectivity index (χ1n) is 5.88. The van der Waals surface area contributed by atoms with Crippen LogP contribution < -0.4 is 5.73 Å². The highest BCUT2D eigenvalue weighted by atomic mass is 16.1. The number of ketones is 1. The van der Waals surface area contributed by atoms with Crippen LogP contribution in [0.3, 0.4) is 0 Å². The molecule has 0 aliphatic carbocycles. The zero-order valence-electron chi connectivity index (χ0n) is 10.1. The maximum Gasteiger partial charge on any atom is 0.137 e. The minimum atomic E-state index is 0.0327. The summed E-state index contributed by atoms with van der Waals surface area (Å²) in [6.45, 7) is 2.54. The average molecular weight is 223 g/mol. The fourth-order valence-corrected chi connectivity index (χ4v) is 1.84. The Hall–Kier alpha value is -1.16. The highest BCUT2D eigenvalue weighted by Gasteiger charge is 2.15. The molecule has 0 fully saturated rings. The van der Waals surface area contributed by atoms with Crippen molar-refractivity contribution in [3.05, 3.63) is 18.2 Å². The van der Waals surface area contributed by atoms with Gasteiger partial charge in [0.25, 0.3) is 0 Å². The van der Waals surface area contributed by atoms with Gasteiger partial charge in [0.15, 0.2) is 0 Å². The summed E-state index contributed by atoms with van der Waals surface area (Å²) in [5.41, 5.74) is 5.60. The van der Waals surface area contributed by atoms with E-state index in [0.29, 0.717) is 19.4 Å². The van der Waals surface area contributed by atoms with Gasteiger partial charge in [-0.15, -0.1) is 0 Å². The molecule has 0 aliphatic rings. The van der Waals surface area contributed by atoms with Gasteiger partial charge in [-0.25, -0.2) is 4.98 Å². The smallest absolute Gasteiger partial charge is 0.137 e. The van der Waals surface area contributed by atoms with E-state index in [9.17, 15) is 4.79 Å². The fraction of sp³-hybridized carbons (Fsp3) is 0.667. The molecule has 1 atom stereocenters. The Labute approximate surface area is 96.9 Å². The molecule has 0 radical (unpaired) electrons. The van der Waals surface area contributed by atoms with E-state index in [-0.39, 0.29) is 11.7 Å². The number of carbonyl (C=O) groups is 1. The highest BCUT2D eigenvalue weighted by molar-refractivity contribution is 5.81. The van der Waals surface area contributed by atoms with Crippen LogP contribution in [0.1, 0.15) is 32.0 Å². The Kier molecular flexibility index (Phi) is 5.19. The molecule has 1 aromatic rings. The molecule has 4 nitrogen and oxygen atoms in total. The second-order valence-corrected chi connectivity index (χ2v) is 4.14. The summed E-state index contributed by atoms with van der Waals surface area (Å²) in [4.78, 5) is 16.1. The van der Waals surface area contributed by atoms with Crippen molar-refractivity contribution in [3.8, 4) is 0 Å². The SMILES string of the molecule is CCCC(CN)C(=O)CCc1nccn1C. The zero-order valence-corrected chi connectivity index (χ0v) is 10.1. The number of aromatic nitrogens is 2. The average Bonchev–Trinajstić information content (AvgIpc) is 2.68. The normalized spacial score (nSPS) is 12.7. The van der Waals surface area contributed by atoms with Crippen LogP contribution in [-0.2, 0) is 18.3 Å². The standard InChI is InChI=1S/C12H21N3O/c1-3-4-10(9-13)11(16)5-6-12-14-7-8-15(12)2/h7-8,10H,3-6,9,13H2,1-2H3. The molecule has 1 rings (SSSR count). The molecule has 4 heteroatoms. The van der Waals surface area contributed by atoms with Crippen LogP contribution in [0.4, 0.5) is 0 Å². The van der Waals surface area contributed by atoms with E-state index in [1.807, 2.05) is 17.8 Å². The van der Waals surface area contributed by atoms with E-state index in [2.05, 4.69) is 11.9 Å². The predicted molar refractivity (Wildman–Crippen MR) is 64.0 cm³/mol. The number of Topliss-reactive ketones (excluding diaryl/α,β-unsaturated/α-hetero) is 1. The van der Waals surface area contributed by atoms with Crippen molar-refractivity contribution in [2.45, 2.75) is 32.6 Å². The van der Waals surface area contributed by atoms with Gasteiger partial charge in [0.05, 0.1) is 0 Å². The summed E-state index contributed by atoms with van der Waals surface area (Å²) in [5, 5.41) is 0. The van der Waals surface area contributed by atoms with Crippen molar-refractivity contribution in [2.75, 3.05) is 6.54 Å². The minimum Gasteiger partial charge on any atom is -0.338 e. The third kappa shape index (κ3) is 3.45. The number of hydrogen-bond acceptors (Lipinski definition) is 3. The first-order valence-corrected chi connectivity index (χ1v) is 5.88. The third-order valence-corrected chi connectivity index (χ3v) is 2.89. The molecule has 0 bridgehead atoms. The number of nitrogens with zero attached hydrogens (tertiary/aromatic N) is 2. The number of aryl methyl sites for hydroxylation is 2. The molecule has 1 heterocycles. The van der Waals surface area contributed by atoms with Crippen LogP contribution >= 0.6 is 0 Å². The van der Waals surface area contributed by atoms with Crippen LogP contribution in [0.2, 0.25) is 0 Å². The Morgan fingerprint density at radius 1 is 1.62 bits per heavy atom. The van der Waals surface area contributed by atoms with Crippen molar-refractivity contribution in [2.24, 2.45) is 18.7 Å². The summed E-state index contributed by atoms with van der Waals surface area (Å²) in [7, 11) is 1.94. The molecule has 0 aliphatic heterocycles. The number of nitrogens with two attached hydrogens (primary N) is 1. The molecule has 1 aromatic heterocycles. The molecule has 0 spiro atoms. The lowest BCUT2D eigenvalue weighted by atomic mass is 9.95. The molecule has 90 valence electrons. The van der Waals surface area contributed by atoms with Gasteiger partial charge in [0, 0.05) is 44.7 Å². The molecular formula is C12H21N3O. The maximum absolute atomic E-state index is 11.9. The lowest BCUT2D eigenvalue weighted by Gasteiger charge is -2.11. The Morgan fingerprint density at radius 3 is 2.88 bits per heavy atom. The van der Waals surface area contributed by atoms with Crippen LogP contribution in [0, 0.1) is 5.92 Å². The van der Waals surface area contributed by atoms with Crippen LogP contribution in [0.15, 0.2) is 12.4 Å². The van der Waals surface area contributed by atoms with Crippen molar-refractivity contribution >= 4 is 5.78 Å². The van der Waals surface area contributed by atoms with Gasteiger partial charge >= 0.3 is 0 Å². The quantitative estimate of drug-likeness (QED) is 0.758. The van der Waals surface area contributed by atoms with Gasteiger partial charge < -0.3 is 10.3 Å². The summed E-state index contributed by atoms with van der Waals surface area (Å²) < 4.78 is 1.95. The van der Waals surface area contributed by atoms with Crippen molar-refractivity contribution in [1.29, 1.82) is 0 Å². The van der Waals surface area contributed by atoms with Gasteiger partial charge in [-0.1, -0.05) is 13.3 Å². The van der Waals surface area contributed by atoms with E-state index in [4.69, 9.17) is 5.73 Å². The fourth-order valence-electron chi connectivity index (χ4n) is 1.84. The highest BCUT2D eigenvalue weighted by Crippen LogP contribution is 2.10. The molecule has 1 unspecified atom stereocenters. The van der Waals surface area contributed by atoms with Crippen LogP contribution in [-0.4, -0.2) is 21.9 Å². The molecular weight excluding hydrogens is 202 g/mol. The maximum atomic E-state index is 11.9. The van der Waals surface area contributed by atoms with Gasteiger partial charge in [-0.3, -0.25) is 4.79 Å². The molecule has 0 saturated heterocycles. The van der Waals surface area contributed by atoms with Crippen molar-refractivity contribution in [3.63, 3.8) is 0 Å². The lowest BCUT2D eigenvalue weighted by Crippen LogP contribution is -2.24. The first-order chi connectivity index (χ1) is 7.69. The third-order valence-electron chi connectivity index (χ3n) is 2.89. The minimum absolute atomic E-state index is 0.0327. The van der Waals surface area contributed by atoms with Crippen LogP contribution in [0.25, 0.3) is 0 Å². The van der Waals surface area contributed by atoms with Gasteiger partial charge in [-0.05, 0) is 6.42 Å². The monoisotopic (exact) mass is 223 g/mol.